The third-order valence-electron chi connectivity index (χ3n) is 2.03. The molecule has 0 amide bonds. The second-order valence-corrected chi connectivity index (χ2v) is 4.48. The molecule has 0 unspecified atom stereocenters. The van der Waals surface area contributed by atoms with E-state index in [-0.39, 0.29) is 11.6 Å². The highest BCUT2D eigenvalue weighted by atomic mass is 32.2. The van der Waals surface area contributed by atoms with Gasteiger partial charge in [0.1, 0.15) is 0 Å². The van der Waals surface area contributed by atoms with Crippen LogP contribution in [0.25, 0.3) is 0 Å². The Morgan fingerprint density at radius 1 is 1.60 bits per heavy atom. The molecular weight excluding hydrogens is 214 g/mol. The number of thioether (sulfide) groups is 1. The summed E-state index contributed by atoms with van der Waals surface area (Å²) in [5.74, 6) is 0.0179. The summed E-state index contributed by atoms with van der Waals surface area (Å²) < 4.78 is 1.69. The fraction of sp³-hybridized carbons (Fsp3) is 0.667. The molecule has 0 aromatic carbocycles. The fourth-order valence-electron chi connectivity index (χ4n) is 1.39. The van der Waals surface area contributed by atoms with E-state index >= 15 is 0 Å². The van der Waals surface area contributed by atoms with E-state index in [2.05, 4.69) is 10.3 Å². The van der Waals surface area contributed by atoms with Crippen LogP contribution in [0.3, 0.4) is 0 Å². The van der Waals surface area contributed by atoms with Gasteiger partial charge in [-0.15, -0.1) is 5.10 Å². The first-order valence-corrected chi connectivity index (χ1v) is 6.13. The van der Waals surface area contributed by atoms with Crippen molar-refractivity contribution in [1.82, 2.24) is 15.0 Å². The maximum Gasteiger partial charge on any atom is 0.358 e. The molecule has 1 heterocycles. The summed E-state index contributed by atoms with van der Waals surface area (Å²) in [4.78, 5) is 10.9. The summed E-state index contributed by atoms with van der Waals surface area (Å²) in [5.41, 5.74) is 0.780. The van der Waals surface area contributed by atoms with Crippen molar-refractivity contribution < 1.29 is 9.90 Å². The third kappa shape index (κ3) is 2.71. The molecule has 1 aromatic heterocycles. The van der Waals surface area contributed by atoms with E-state index in [9.17, 15) is 4.79 Å². The summed E-state index contributed by atoms with van der Waals surface area (Å²) in [6.45, 7) is 4.59. The number of aryl methyl sites for hydroxylation is 1. The van der Waals surface area contributed by atoms with Gasteiger partial charge in [-0.2, -0.15) is 11.8 Å². The minimum absolute atomic E-state index is 0.0751. The van der Waals surface area contributed by atoms with Gasteiger partial charge in [0.25, 0.3) is 0 Å². The molecule has 84 valence electrons. The highest BCUT2D eigenvalue weighted by Crippen LogP contribution is 2.17. The number of rotatable bonds is 5. The Morgan fingerprint density at radius 2 is 2.27 bits per heavy atom. The Bertz CT molecular complexity index is 349. The SMILES string of the molecule is CSCCn1nnc(C(=O)O)c1C(C)C. The lowest BCUT2D eigenvalue weighted by Gasteiger charge is -2.08. The zero-order chi connectivity index (χ0) is 11.4. The molecule has 0 aliphatic rings. The first kappa shape index (κ1) is 12.0. The second kappa shape index (κ2) is 5.16. The van der Waals surface area contributed by atoms with Crippen LogP contribution in [0.4, 0.5) is 0 Å². The summed E-state index contributed by atoms with van der Waals surface area (Å²) in [6, 6.07) is 0. The molecule has 0 atom stereocenters. The number of carboxylic acid groups (broad SMARTS) is 1. The molecule has 6 heteroatoms. The van der Waals surface area contributed by atoms with Crippen LogP contribution >= 0.6 is 11.8 Å². The molecular formula is C9H15N3O2S. The fourth-order valence-corrected chi connectivity index (χ4v) is 1.74. The smallest absolute Gasteiger partial charge is 0.358 e. The average Bonchev–Trinajstić information content (AvgIpc) is 2.58. The molecule has 0 aliphatic heterocycles. The van der Waals surface area contributed by atoms with Gasteiger partial charge in [0.2, 0.25) is 0 Å². The molecule has 1 rings (SSSR count). The van der Waals surface area contributed by atoms with Crippen LogP contribution in [0.5, 0.6) is 0 Å². The van der Waals surface area contributed by atoms with E-state index < -0.39 is 5.97 Å². The van der Waals surface area contributed by atoms with E-state index in [1.54, 1.807) is 16.4 Å². The van der Waals surface area contributed by atoms with Gasteiger partial charge < -0.3 is 5.11 Å². The van der Waals surface area contributed by atoms with E-state index in [0.717, 1.165) is 5.75 Å². The number of hydrogen-bond acceptors (Lipinski definition) is 4. The quantitative estimate of drug-likeness (QED) is 0.828. The van der Waals surface area contributed by atoms with Crippen LogP contribution in [0.2, 0.25) is 0 Å². The van der Waals surface area contributed by atoms with Crippen molar-refractivity contribution in [1.29, 1.82) is 0 Å². The van der Waals surface area contributed by atoms with Crippen LogP contribution < -0.4 is 0 Å². The van der Waals surface area contributed by atoms with Crippen molar-refractivity contribution in [3.8, 4) is 0 Å². The predicted molar refractivity (Wildman–Crippen MR) is 59.5 cm³/mol. The summed E-state index contributed by atoms with van der Waals surface area (Å²) in [6.07, 6.45) is 2.00. The lowest BCUT2D eigenvalue weighted by atomic mass is 10.1. The Balaban J connectivity index is 3.01. The van der Waals surface area contributed by atoms with Crippen LogP contribution in [-0.2, 0) is 6.54 Å². The average molecular weight is 229 g/mol. The van der Waals surface area contributed by atoms with Gasteiger partial charge in [0.15, 0.2) is 5.69 Å². The number of nitrogens with zero attached hydrogens (tertiary/aromatic N) is 3. The maximum atomic E-state index is 10.9. The number of aromatic nitrogens is 3. The summed E-state index contributed by atoms with van der Waals surface area (Å²) >= 11 is 1.70. The Morgan fingerprint density at radius 3 is 2.73 bits per heavy atom. The van der Waals surface area contributed by atoms with Crippen LogP contribution in [0.15, 0.2) is 0 Å². The van der Waals surface area contributed by atoms with Gasteiger partial charge in [0, 0.05) is 5.75 Å². The van der Waals surface area contributed by atoms with Crippen molar-refractivity contribution in [2.24, 2.45) is 0 Å². The minimum atomic E-state index is -1.01. The summed E-state index contributed by atoms with van der Waals surface area (Å²) in [7, 11) is 0. The van der Waals surface area contributed by atoms with Crippen LogP contribution in [-0.4, -0.2) is 38.1 Å². The normalized spacial score (nSPS) is 10.9. The largest absolute Gasteiger partial charge is 0.476 e. The van der Waals surface area contributed by atoms with Gasteiger partial charge in [0.05, 0.1) is 12.2 Å². The minimum Gasteiger partial charge on any atom is -0.476 e. The number of carboxylic acids is 1. The number of hydrogen-bond donors (Lipinski definition) is 1. The third-order valence-corrected chi connectivity index (χ3v) is 2.62. The molecule has 0 spiro atoms. The van der Waals surface area contributed by atoms with Gasteiger partial charge in [-0.05, 0) is 12.2 Å². The van der Waals surface area contributed by atoms with Gasteiger partial charge in [-0.1, -0.05) is 19.1 Å². The van der Waals surface area contributed by atoms with E-state index in [4.69, 9.17) is 5.11 Å². The number of carbonyl (C=O) groups is 1. The van der Waals surface area contributed by atoms with Gasteiger partial charge >= 0.3 is 5.97 Å². The Hall–Kier alpha value is -1.04. The highest BCUT2D eigenvalue weighted by molar-refractivity contribution is 7.98. The summed E-state index contributed by atoms with van der Waals surface area (Å²) in [5, 5.41) is 16.5. The zero-order valence-electron chi connectivity index (χ0n) is 9.10. The van der Waals surface area contributed by atoms with Crippen molar-refractivity contribution in [2.75, 3.05) is 12.0 Å². The predicted octanol–water partition coefficient (Wildman–Crippen LogP) is 1.46. The standard InChI is InChI=1S/C9H15N3O2S/c1-6(2)8-7(9(13)14)10-11-12(8)4-5-15-3/h6H,4-5H2,1-3H3,(H,13,14). The van der Waals surface area contributed by atoms with Crippen LogP contribution in [0.1, 0.15) is 35.9 Å². The molecule has 1 N–H and O–H groups in total. The molecule has 0 bridgehead atoms. The first-order chi connectivity index (χ1) is 7.07. The first-order valence-electron chi connectivity index (χ1n) is 4.73. The van der Waals surface area contributed by atoms with E-state index in [0.29, 0.717) is 12.2 Å². The Labute approximate surface area is 92.9 Å². The molecule has 5 nitrogen and oxygen atoms in total. The molecule has 0 aliphatic carbocycles. The molecule has 0 saturated carbocycles. The van der Waals surface area contributed by atoms with Crippen molar-refractivity contribution in [3.05, 3.63) is 11.4 Å². The lowest BCUT2D eigenvalue weighted by Crippen LogP contribution is -2.11. The van der Waals surface area contributed by atoms with Gasteiger partial charge in [-0.25, -0.2) is 9.48 Å². The molecule has 15 heavy (non-hydrogen) atoms. The number of aromatic carboxylic acids is 1. The highest BCUT2D eigenvalue weighted by Gasteiger charge is 2.20. The van der Waals surface area contributed by atoms with Gasteiger partial charge in [-0.3, -0.25) is 0 Å². The maximum absolute atomic E-state index is 10.9. The lowest BCUT2D eigenvalue weighted by molar-refractivity contribution is 0.0688. The molecule has 0 radical (unpaired) electrons. The van der Waals surface area contributed by atoms with Crippen LogP contribution in [0, 0.1) is 0 Å². The zero-order valence-corrected chi connectivity index (χ0v) is 9.91. The monoisotopic (exact) mass is 229 g/mol. The van der Waals surface area contributed by atoms with E-state index in [1.165, 1.54) is 0 Å². The molecule has 1 aromatic rings. The molecule has 0 saturated heterocycles. The topological polar surface area (TPSA) is 68.0 Å². The van der Waals surface area contributed by atoms with E-state index in [1.807, 2.05) is 20.1 Å². The van der Waals surface area contributed by atoms with Crippen molar-refractivity contribution in [3.63, 3.8) is 0 Å². The molecule has 0 fully saturated rings. The second-order valence-electron chi connectivity index (χ2n) is 3.50. The Kier molecular flexibility index (Phi) is 4.14. The van der Waals surface area contributed by atoms with Crippen molar-refractivity contribution >= 4 is 17.7 Å². The van der Waals surface area contributed by atoms with Crippen molar-refractivity contribution in [2.45, 2.75) is 26.3 Å².